The molecule has 0 radical (unpaired) electrons. The molecule has 25 heavy (non-hydrogen) atoms. The second kappa shape index (κ2) is 8.32. The Labute approximate surface area is 153 Å². The number of rotatable bonds is 5. The van der Waals surface area contributed by atoms with Crippen LogP contribution in [0.1, 0.15) is 31.2 Å². The molecular weight excluding hydrogens is 343 g/mol. The van der Waals surface area contributed by atoms with Crippen molar-refractivity contribution in [1.82, 2.24) is 0 Å². The molecule has 1 amide bonds. The van der Waals surface area contributed by atoms with Crippen LogP contribution >= 0.6 is 12.4 Å². The molecule has 0 aromatic heterocycles. The number of benzene rings is 2. The maximum absolute atomic E-state index is 13.5. The molecule has 1 saturated carbocycles. The molecule has 1 fully saturated rings. The van der Waals surface area contributed by atoms with Crippen LogP contribution in [0.5, 0.6) is 5.75 Å². The number of carbonyl (C=O) groups is 1. The summed E-state index contributed by atoms with van der Waals surface area (Å²) in [6.45, 7) is 0.157. The molecule has 0 bridgehead atoms. The summed E-state index contributed by atoms with van der Waals surface area (Å²) in [4.78, 5) is 12.3. The smallest absolute Gasteiger partial charge is 0.244 e. The summed E-state index contributed by atoms with van der Waals surface area (Å²) in [6.07, 6.45) is 3.44. The highest BCUT2D eigenvalue weighted by Crippen LogP contribution is 2.28. The predicted molar refractivity (Wildman–Crippen MR) is 98.4 cm³/mol. The van der Waals surface area contributed by atoms with E-state index in [0.717, 1.165) is 25.7 Å². The second-order valence-electron chi connectivity index (χ2n) is 6.22. The maximum atomic E-state index is 13.5. The van der Waals surface area contributed by atoms with E-state index in [0.29, 0.717) is 17.0 Å². The SMILES string of the molecule is Cl.NC1(C(=O)Nc2ccc(OCc3ccccc3F)cc2)CCCC1. The molecule has 3 N–H and O–H groups in total. The zero-order valence-electron chi connectivity index (χ0n) is 13.8. The predicted octanol–water partition coefficient (Wildman–Crippen LogP) is 4.04. The Bertz CT molecular complexity index is 716. The third-order valence-corrected chi connectivity index (χ3v) is 4.41. The van der Waals surface area contributed by atoms with Gasteiger partial charge in [0.05, 0.1) is 5.54 Å². The highest BCUT2D eigenvalue weighted by Gasteiger charge is 2.36. The van der Waals surface area contributed by atoms with Gasteiger partial charge < -0.3 is 15.8 Å². The average Bonchev–Trinajstić information content (AvgIpc) is 3.04. The van der Waals surface area contributed by atoms with Gasteiger partial charge in [0.1, 0.15) is 18.2 Å². The number of nitrogens with two attached hydrogens (primary N) is 1. The molecule has 134 valence electrons. The van der Waals surface area contributed by atoms with Crippen molar-refractivity contribution < 1.29 is 13.9 Å². The Morgan fingerprint density at radius 2 is 1.76 bits per heavy atom. The molecular formula is C19H22ClFN2O2. The van der Waals surface area contributed by atoms with Crippen molar-refractivity contribution in [2.45, 2.75) is 37.8 Å². The van der Waals surface area contributed by atoms with Crippen LogP contribution in [0.2, 0.25) is 0 Å². The second-order valence-corrected chi connectivity index (χ2v) is 6.22. The number of hydrogen-bond donors (Lipinski definition) is 2. The van der Waals surface area contributed by atoms with Crippen LogP contribution in [0, 0.1) is 5.82 Å². The number of ether oxygens (including phenoxy) is 1. The lowest BCUT2D eigenvalue weighted by molar-refractivity contribution is -0.121. The highest BCUT2D eigenvalue weighted by molar-refractivity contribution is 5.98. The summed E-state index contributed by atoms with van der Waals surface area (Å²) in [5, 5.41) is 2.85. The first-order valence-electron chi connectivity index (χ1n) is 8.13. The fraction of sp³-hybridized carbons (Fsp3) is 0.316. The molecule has 1 aliphatic carbocycles. The Morgan fingerprint density at radius 1 is 1.12 bits per heavy atom. The van der Waals surface area contributed by atoms with Crippen LogP contribution in [-0.2, 0) is 11.4 Å². The van der Waals surface area contributed by atoms with Gasteiger partial charge in [0.15, 0.2) is 0 Å². The monoisotopic (exact) mass is 364 g/mol. The van der Waals surface area contributed by atoms with Crippen molar-refractivity contribution >= 4 is 24.0 Å². The molecule has 3 rings (SSSR count). The van der Waals surface area contributed by atoms with Gasteiger partial charge in [0.25, 0.3) is 0 Å². The lowest BCUT2D eigenvalue weighted by Gasteiger charge is -2.22. The van der Waals surface area contributed by atoms with Gasteiger partial charge >= 0.3 is 0 Å². The summed E-state index contributed by atoms with van der Waals surface area (Å²) >= 11 is 0. The highest BCUT2D eigenvalue weighted by atomic mass is 35.5. The summed E-state index contributed by atoms with van der Waals surface area (Å²) in [7, 11) is 0. The van der Waals surface area contributed by atoms with Gasteiger partial charge in [0, 0.05) is 11.3 Å². The molecule has 0 heterocycles. The summed E-state index contributed by atoms with van der Waals surface area (Å²) in [5.74, 6) is 0.186. The van der Waals surface area contributed by atoms with E-state index in [1.165, 1.54) is 6.07 Å². The van der Waals surface area contributed by atoms with Crippen LogP contribution in [-0.4, -0.2) is 11.4 Å². The molecule has 0 spiro atoms. The van der Waals surface area contributed by atoms with E-state index in [9.17, 15) is 9.18 Å². The van der Waals surface area contributed by atoms with E-state index in [1.54, 1.807) is 42.5 Å². The fourth-order valence-electron chi connectivity index (χ4n) is 2.90. The van der Waals surface area contributed by atoms with Gasteiger partial charge in [-0.3, -0.25) is 4.79 Å². The molecule has 0 atom stereocenters. The quantitative estimate of drug-likeness (QED) is 0.841. The standard InChI is InChI=1S/C19H21FN2O2.ClH/c20-17-6-2-1-5-14(17)13-24-16-9-7-15(8-10-16)22-18(23)19(21)11-3-4-12-19;/h1-2,5-10H,3-4,11-13,21H2,(H,22,23);1H. The van der Waals surface area contributed by atoms with Crippen molar-refractivity contribution in [3.05, 3.63) is 59.9 Å². The van der Waals surface area contributed by atoms with Gasteiger partial charge in [-0.2, -0.15) is 0 Å². The Hall–Kier alpha value is -2.11. The van der Waals surface area contributed by atoms with Crippen LogP contribution in [0.4, 0.5) is 10.1 Å². The zero-order valence-corrected chi connectivity index (χ0v) is 14.7. The summed E-state index contributed by atoms with van der Waals surface area (Å²) in [6, 6.07) is 13.5. The van der Waals surface area contributed by atoms with Crippen molar-refractivity contribution in [3.63, 3.8) is 0 Å². The van der Waals surface area contributed by atoms with Crippen molar-refractivity contribution in [3.8, 4) is 5.75 Å². The minimum Gasteiger partial charge on any atom is -0.489 e. The average molecular weight is 365 g/mol. The fourth-order valence-corrected chi connectivity index (χ4v) is 2.90. The summed E-state index contributed by atoms with van der Waals surface area (Å²) < 4.78 is 19.1. The van der Waals surface area contributed by atoms with Gasteiger partial charge in [-0.25, -0.2) is 4.39 Å². The minimum absolute atomic E-state index is 0. The first-order chi connectivity index (χ1) is 11.6. The van der Waals surface area contributed by atoms with E-state index in [2.05, 4.69) is 5.32 Å². The van der Waals surface area contributed by atoms with Crippen LogP contribution < -0.4 is 15.8 Å². The molecule has 6 heteroatoms. The van der Waals surface area contributed by atoms with E-state index < -0.39 is 5.54 Å². The number of halogens is 2. The molecule has 2 aromatic carbocycles. The number of carbonyl (C=O) groups excluding carboxylic acids is 1. The van der Waals surface area contributed by atoms with Crippen LogP contribution in [0.3, 0.4) is 0 Å². The first kappa shape index (κ1) is 19.2. The first-order valence-corrected chi connectivity index (χ1v) is 8.13. The van der Waals surface area contributed by atoms with Crippen molar-refractivity contribution in [2.75, 3.05) is 5.32 Å². The molecule has 0 unspecified atom stereocenters. The van der Waals surface area contributed by atoms with Gasteiger partial charge in [0.2, 0.25) is 5.91 Å². The van der Waals surface area contributed by atoms with E-state index >= 15 is 0 Å². The van der Waals surface area contributed by atoms with Crippen LogP contribution in [0.25, 0.3) is 0 Å². The third-order valence-electron chi connectivity index (χ3n) is 4.41. The third kappa shape index (κ3) is 4.71. The zero-order chi connectivity index (χ0) is 17.0. The molecule has 1 aliphatic rings. The Balaban J connectivity index is 0.00000225. The molecule has 0 saturated heterocycles. The lowest BCUT2D eigenvalue weighted by atomic mass is 9.98. The van der Waals surface area contributed by atoms with Crippen molar-refractivity contribution in [1.29, 1.82) is 0 Å². The van der Waals surface area contributed by atoms with Gasteiger partial charge in [-0.15, -0.1) is 12.4 Å². The maximum Gasteiger partial charge on any atom is 0.244 e. The largest absolute Gasteiger partial charge is 0.489 e. The van der Waals surface area contributed by atoms with Gasteiger partial charge in [-0.1, -0.05) is 31.0 Å². The number of hydrogen-bond acceptors (Lipinski definition) is 3. The van der Waals surface area contributed by atoms with Crippen molar-refractivity contribution in [2.24, 2.45) is 5.73 Å². The van der Waals surface area contributed by atoms with Crippen LogP contribution in [0.15, 0.2) is 48.5 Å². The molecule has 0 aliphatic heterocycles. The van der Waals surface area contributed by atoms with E-state index in [-0.39, 0.29) is 30.7 Å². The topological polar surface area (TPSA) is 64.4 Å². The number of amides is 1. The van der Waals surface area contributed by atoms with Gasteiger partial charge in [-0.05, 0) is 43.2 Å². The van der Waals surface area contributed by atoms with E-state index in [4.69, 9.17) is 10.5 Å². The van der Waals surface area contributed by atoms with E-state index in [1.807, 2.05) is 0 Å². The Kier molecular flexibility index (Phi) is 6.39. The molecule has 4 nitrogen and oxygen atoms in total. The molecule has 2 aromatic rings. The number of anilines is 1. The normalized spacial score (nSPS) is 15.3. The number of nitrogens with one attached hydrogen (secondary N) is 1. The lowest BCUT2D eigenvalue weighted by Crippen LogP contribution is -2.48. The summed E-state index contributed by atoms with van der Waals surface area (Å²) in [5.41, 5.74) is 6.56. The minimum atomic E-state index is -0.750. The Morgan fingerprint density at radius 3 is 2.40 bits per heavy atom.